The monoisotopic (exact) mass is 329 g/mol. The van der Waals surface area contributed by atoms with Crippen molar-refractivity contribution in [2.75, 3.05) is 24.7 Å². The summed E-state index contributed by atoms with van der Waals surface area (Å²) in [4.78, 5) is 23.4. The fourth-order valence-corrected chi connectivity index (χ4v) is 1.59. The van der Waals surface area contributed by atoms with Crippen LogP contribution in [0, 0.1) is 5.41 Å². The molecule has 0 aliphatic rings. The van der Waals surface area contributed by atoms with E-state index in [-0.39, 0.29) is 30.6 Å². The van der Waals surface area contributed by atoms with Crippen LogP contribution in [-0.2, 0) is 9.59 Å². The maximum Gasteiger partial charge on any atom is 0.226 e. The molecule has 1 aromatic carbocycles. The fraction of sp³-hybridized carbons (Fsp3) is 0.467. The van der Waals surface area contributed by atoms with E-state index in [1.165, 1.54) is 7.11 Å². The van der Waals surface area contributed by atoms with E-state index < -0.39 is 5.41 Å². The summed E-state index contributed by atoms with van der Waals surface area (Å²) in [5, 5.41) is 5.45. The number of carbonyl (C=O) groups is 2. The average Bonchev–Trinajstić information content (AvgIpc) is 2.37. The molecule has 0 saturated carbocycles. The molecule has 0 unspecified atom stereocenters. The van der Waals surface area contributed by atoms with Crippen LogP contribution in [-0.4, -0.2) is 25.5 Å². The summed E-state index contributed by atoms with van der Waals surface area (Å²) in [6.07, 6.45) is 0.202. The van der Waals surface area contributed by atoms with Crippen LogP contribution < -0.4 is 21.1 Å². The first kappa shape index (κ1) is 20.1. The molecule has 2 amide bonds. The van der Waals surface area contributed by atoms with E-state index in [9.17, 15) is 9.59 Å². The number of hydrogen-bond acceptors (Lipinski definition) is 4. The van der Waals surface area contributed by atoms with E-state index >= 15 is 0 Å². The summed E-state index contributed by atoms with van der Waals surface area (Å²) in [6, 6.07) is 5.03. The standard InChI is InChI=1S/C15H23N3O3.ClH/c1-15(2,3)14(20)17-8-7-13(19)18-10-5-6-12(21-4)11(16)9-10;/h5-6,9H,7-8,16H2,1-4H3,(H,17,20)(H,18,19);1H. The number of nitrogens with two attached hydrogens (primary N) is 1. The molecule has 6 nitrogen and oxygen atoms in total. The molecule has 0 fully saturated rings. The average molecular weight is 330 g/mol. The van der Waals surface area contributed by atoms with E-state index in [0.29, 0.717) is 23.7 Å². The van der Waals surface area contributed by atoms with Crippen LogP contribution in [0.3, 0.4) is 0 Å². The first-order chi connectivity index (χ1) is 9.74. The van der Waals surface area contributed by atoms with Gasteiger partial charge in [-0.2, -0.15) is 0 Å². The van der Waals surface area contributed by atoms with Crippen LogP contribution in [0.2, 0.25) is 0 Å². The van der Waals surface area contributed by atoms with Gasteiger partial charge in [-0.1, -0.05) is 20.8 Å². The largest absolute Gasteiger partial charge is 0.495 e. The molecule has 1 rings (SSSR count). The third-order valence-corrected chi connectivity index (χ3v) is 2.83. The number of nitrogen functional groups attached to an aromatic ring is 1. The molecular formula is C15H24ClN3O3. The maximum absolute atomic E-state index is 11.8. The Morgan fingerprint density at radius 3 is 2.41 bits per heavy atom. The van der Waals surface area contributed by atoms with Crippen molar-refractivity contribution in [2.45, 2.75) is 27.2 Å². The molecule has 22 heavy (non-hydrogen) atoms. The molecule has 0 radical (unpaired) electrons. The van der Waals surface area contributed by atoms with Crippen molar-refractivity contribution in [3.8, 4) is 5.75 Å². The van der Waals surface area contributed by atoms with Crippen molar-refractivity contribution in [1.82, 2.24) is 5.32 Å². The number of nitrogens with one attached hydrogen (secondary N) is 2. The van der Waals surface area contributed by atoms with Crippen LogP contribution in [0.5, 0.6) is 5.75 Å². The van der Waals surface area contributed by atoms with Crippen LogP contribution >= 0.6 is 12.4 Å². The van der Waals surface area contributed by atoms with Crippen molar-refractivity contribution >= 4 is 35.6 Å². The lowest BCUT2D eigenvalue weighted by molar-refractivity contribution is -0.128. The van der Waals surface area contributed by atoms with Crippen LogP contribution in [0.15, 0.2) is 18.2 Å². The molecule has 0 spiro atoms. The minimum Gasteiger partial charge on any atom is -0.495 e. The Morgan fingerprint density at radius 2 is 1.91 bits per heavy atom. The summed E-state index contributed by atoms with van der Waals surface area (Å²) in [7, 11) is 1.53. The third kappa shape index (κ3) is 6.22. The second-order valence-corrected chi connectivity index (χ2v) is 5.76. The van der Waals surface area contributed by atoms with Gasteiger partial charge in [-0.25, -0.2) is 0 Å². The maximum atomic E-state index is 11.8. The lowest BCUT2D eigenvalue weighted by Crippen LogP contribution is -2.36. The molecule has 0 bridgehead atoms. The fourth-order valence-electron chi connectivity index (χ4n) is 1.59. The van der Waals surface area contributed by atoms with Gasteiger partial charge in [0.15, 0.2) is 0 Å². The molecule has 0 saturated heterocycles. The van der Waals surface area contributed by atoms with Crippen LogP contribution in [0.4, 0.5) is 11.4 Å². The van der Waals surface area contributed by atoms with Crippen molar-refractivity contribution in [3.05, 3.63) is 18.2 Å². The topological polar surface area (TPSA) is 93.5 Å². The Morgan fingerprint density at radius 1 is 1.27 bits per heavy atom. The number of methoxy groups -OCH3 is 1. The first-order valence-corrected chi connectivity index (χ1v) is 6.75. The zero-order chi connectivity index (χ0) is 16.0. The number of amides is 2. The molecule has 0 atom stereocenters. The zero-order valence-corrected chi connectivity index (χ0v) is 14.2. The normalized spacial score (nSPS) is 10.4. The summed E-state index contributed by atoms with van der Waals surface area (Å²) >= 11 is 0. The summed E-state index contributed by atoms with van der Waals surface area (Å²) < 4.78 is 5.04. The van der Waals surface area contributed by atoms with Gasteiger partial charge in [0.25, 0.3) is 0 Å². The quantitative estimate of drug-likeness (QED) is 0.722. The Labute approximate surface area is 137 Å². The number of carbonyl (C=O) groups excluding carboxylic acids is 2. The molecule has 0 heterocycles. The Hall–Kier alpha value is -1.95. The highest BCUT2D eigenvalue weighted by molar-refractivity contribution is 5.92. The molecule has 0 aliphatic carbocycles. The van der Waals surface area contributed by atoms with E-state index in [4.69, 9.17) is 10.5 Å². The van der Waals surface area contributed by atoms with Gasteiger partial charge in [0, 0.05) is 24.1 Å². The summed E-state index contributed by atoms with van der Waals surface area (Å²) in [5.41, 5.74) is 6.36. The Kier molecular flexibility index (Phi) is 7.73. The van der Waals surface area contributed by atoms with Crippen molar-refractivity contribution in [3.63, 3.8) is 0 Å². The summed E-state index contributed by atoms with van der Waals surface area (Å²) in [5.74, 6) is 0.295. The highest BCUT2D eigenvalue weighted by Gasteiger charge is 2.20. The molecular weight excluding hydrogens is 306 g/mol. The van der Waals surface area contributed by atoms with Gasteiger partial charge < -0.3 is 21.1 Å². The zero-order valence-electron chi connectivity index (χ0n) is 13.4. The highest BCUT2D eigenvalue weighted by atomic mass is 35.5. The predicted octanol–water partition coefficient (Wildman–Crippen LogP) is 2.19. The molecule has 0 aromatic heterocycles. The lowest BCUT2D eigenvalue weighted by Gasteiger charge is -2.17. The minimum atomic E-state index is -0.457. The van der Waals surface area contributed by atoms with Gasteiger partial charge in [0.1, 0.15) is 5.75 Å². The highest BCUT2D eigenvalue weighted by Crippen LogP contribution is 2.24. The van der Waals surface area contributed by atoms with Gasteiger partial charge in [0.05, 0.1) is 12.8 Å². The van der Waals surface area contributed by atoms with Gasteiger partial charge in [-0.3, -0.25) is 9.59 Å². The van der Waals surface area contributed by atoms with Gasteiger partial charge in [0.2, 0.25) is 11.8 Å². The smallest absolute Gasteiger partial charge is 0.226 e. The van der Waals surface area contributed by atoms with Gasteiger partial charge in [-0.05, 0) is 18.2 Å². The number of hydrogen-bond donors (Lipinski definition) is 3. The lowest BCUT2D eigenvalue weighted by atomic mass is 9.96. The Balaban J connectivity index is 0.00000441. The number of anilines is 2. The number of halogens is 1. The van der Waals surface area contributed by atoms with Crippen LogP contribution in [0.25, 0.3) is 0 Å². The van der Waals surface area contributed by atoms with Crippen molar-refractivity contribution < 1.29 is 14.3 Å². The van der Waals surface area contributed by atoms with E-state index in [0.717, 1.165) is 0 Å². The van der Waals surface area contributed by atoms with Crippen molar-refractivity contribution in [1.29, 1.82) is 0 Å². The van der Waals surface area contributed by atoms with Crippen LogP contribution in [0.1, 0.15) is 27.2 Å². The Bertz CT molecular complexity index is 527. The molecule has 7 heteroatoms. The number of benzene rings is 1. The van der Waals surface area contributed by atoms with Gasteiger partial charge >= 0.3 is 0 Å². The second kappa shape index (κ2) is 8.48. The van der Waals surface area contributed by atoms with Crippen molar-refractivity contribution in [2.24, 2.45) is 5.41 Å². The SMILES string of the molecule is COc1ccc(NC(=O)CCNC(=O)C(C)(C)C)cc1N.Cl. The summed E-state index contributed by atoms with van der Waals surface area (Å²) in [6.45, 7) is 5.77. The molecule has 4 N–H and O–H groups in total. The third-order valence-electron chi connectivity index (χ3n) is 2.83. The van der Waals surface area contributed by atoms with E-state index in [1.54, 1.807) is 18.2 Å². The number of rotatable bonds is 5. The van der Waals surface area contributed by atoms with E-state index in [2.05, 4.69) is 10.6 Å². The molecule has 1 aromatic rings. The molecule has 0 aliphatic heterocycles. The molecule has 124 valence electrons. The minimum absolute atomic E-state index is 0. The van der Waals surface area contributed by atoms with Gasteiger partial charge in [-0.15, -0.1) is 12.4 Å². The first-order valence-electron chi connectivity index (χ1n) is 6.75. The van der Waals surface area contributed by atoms with E-state index in [1.807, 2.05) is 20.8 Å². The number of ether oxygens (including phenoxy) is 1. The predicted molar refractivity (Wildman–Crippen MR) is 90.4 cm³/mol. The second-order valence-electron chi connectivity index (χ2n) is 5.76.